The second-order valence-electron chi connectivity index (χ2n) is 15.6. The number of phenols is 1. The maximum Gasteiger partial charge on any atom is 0.222 e. The van der Waals surface area contributed by atoms with Gasteiger partial charge in [0.1, 0.15) is 11.9 Å². The molecule has 4 nitrogen and oxygen atoms in total. The normalized spacial score (nSPS) is 31.7. The van der Waals surface area contributed by atoms with Gasteiger partial charge in [-0.15, -0.1) is 0 Å². The van der Waals surface area contributed by atoms with Crippen molar-refractivity contribution in [3.05, 3.63) is 29.3 Å². The maximum atomic E-state index is 16.1. The first kappa shape index (κ1) is 33.7. The second-order valence-corrected chi connectivity index (χ2v) is 15.6. The van der Waals surface area contributed by atoms with Crippen molar-refractivity contribution in [3.8, 4) is 5.75 Å². The number of phenolic OH excluding ortho intramolecular Hbond substituents is 1. The van der Waals surface area contributed by atoms with Crippen LogP contribution in [0.1, 0.15) is 153 Å². The van der Waals surface area contributed by atoms with Crippen molar-refractivity contribution in [2.24, 2.45) is 29.1 Å². The molecule has 2 N–H and O–H groups in total. The van der Waals surface area contributed by atoms with E-state index in [9.17, 15) is 15.0 Å². The number of rotatable bonds is 15. The largest absolute Gasteiger partial charge is 0.508 e. The van der Waals surface area contributed by atoms with Crippen molar-refractivity contribution in [1.82, 2.24) is 4.90 Å². The highest BCUT2D eigenvalue weighted by Crippen LogP contribution is 2.63. The fraction of sp³-hybridized carbons (Fsp3) is 0.821. The quantitative estimate of drug-likeness (QED) is 0.194. The molecule has 3 saturated carbocycles. The molecule has 0 radical (unpaired) electrons. The summed E-state index contributed by atoms with van der Waals surface area (Å²) in [7, 11) is 0. The Morgan fingerprint density at radius 3 is 2.45 bits per heavy atom. The van der Waals surface area contributed by atoms with Crippen LogP contribution in [0.2, 0.25) is 0 Å². The summed E-state index contributed by atoms with van der Waals surface area (Å²) in [4.78, 5) is 15.7. The summed E-state index contributed by atoms with van der Waals surface area (Å²) in [5, 5.41) is 21.2. The van der Waals surface area contributed by atoms with Crippen LogP contribution < -0.4 is 0 Å². The molecule has 7 atom stereocenters. The van der Waals surface area contributed by atoms with E-state index >= 15 is 4.39 Å². The SMILES string of the molecule is CCCCCCCCN(CCCC[C@@H]1Cc2cc(O)ccc2[C@@H]2[C@@H]1[C@@H]1CC[C@H](O)[C@@]1(C)C[C@@H]2F)C(=O)CCC1CCCCC1. The summed E-state index contributed by atoms with van der Waals surface area (Å²) < 4.78 is 16.1. The molecule has 4 aliphatic carbocycles. The van der Waals surface area contributed by atoms with Crippen LogP contribution in [0.25, 0.3) is 0 Å². The van der Waals surface area contributed by atoms with Gasteiger partial charge < -0.3 is 15.1 Å². The van der Waals surface area contributed by atoms with E-state index in [1.165, 1.54) is 64.2 Å². The van der Waals surface area contributed by atoms with Crippen molar-refractivity contribution in [2.45, 2.75) is 160 Å². The van der Waals surface area contributed by atoms with Crippen molar-refractivity contribution in [3.63, 3.8) is 0 Å². The van der Waals surface area contributed by atoms with Gasteiger partial charge in [-0.2, -0.15) is 0 Å². The van der Waals surface area contributed by atoms with Crippen molar-refractivity contribution in [1.29, 1.82) is 0 Å². The third-order valence-electron chi connectivity index (χ3n) is 12.7. The van der Waals surface area contributed by atoms with Gasteiger partial charge in [-0.05, 0) is 104 Å². The third-order valence-corrected chi connectivity index (χ3v) is 12.7. The van der Waals surface area contributed by atoms with E-state index in [4.69, 9.17) is 0 Å². The first-order valence-electron chi connectivity index (χ1n) is 18.7. The summed E-state index contributed by atoms with van der Waals surface area (Å²) >= 11 is 0. The molecule has 44 heavy (non-hydrogen) atoms. The number of aliphatic hydroxyl groups excluding tert-OH is 1. The zero-order valence-electron chi connectivity index (χ0n) is 28.0. The molecule has 0 saturated heterocycles. The summed E-state index contributed by atoms with van der Waals surface area (Å²) in [6.07, 6.45) is 20.6. The molecule has 1 aromatic carbocycles. The molecule has 0 aromatic heterocycles. The van der Waals surface area contributed by atoms with E-state index in [0.29, 0.717) is 30.6 Å². The standard InChI is InChI=1S/C39H62FNO3/c1-3-4-5-6-7-12-23-41(36(44)22-17-28-14-9-8-10-15-28)24-13-11-16-29-25-30-26-31(42)18-19-32(30)38-34(40)27-39(2)33(37(29)38)20-21-35(39)43/h18-19,26,28-29,33-35,37-38,42-43H,3-17,20-25,27H2,1-2H3/t29-,33+,34+,35+,37+,38+,39+/m1/s1. The number of carbonyl (C=O) groups is 1. The van der Waals surface area contributed by atoms with Crippen LogP contribution >= 0.6 is 0 Å². The van der Waals surface area contributed by atoms with E-state index in [1.54, 1.807) is 6.07 Å². The first-order valence-corrected chi connectivity index (χ1v) is 18.7. The molecular formula is C39H62FNO3. The lowest BCUT2D eigenvalue weighted by Gasteiger charge is -2.54. The highest BCUT2D eigenvalue weighted by atomic mass is 19.1. The number of nitrogens with zero attached hydrogens (tertiary/aromatic N) is 1. The van der Waals surface area contributed by atoms with Crippen LogP contribution in [-0.2, 0) is 11.2 Å². The summed E-state index contributed by atoms with van der Waals surface area (Å²) in [5.41, 5.74) is 1.86. The van der Waals surface area contributed by atoms with E-state index in [2.05, 4.69) is 18.7 Å². The lowest BCUT2D eigenvalue weighted by atomic mass is 9.51. The fourth-order valence-corrected chi connectivity index (χ4v) is 10.1. The van der Waals surface area contributed by atoms with Crippen LogP contribution in [-0.4, -0.2) is 46.4 Å². The molecule has 1 aromatic rings. The second kappa shape index (κ2) is 15.8. The highest BCUT2D eigenvalue weighted by Gasteiger charge is 2.59. The number of carbonyl (C=O) groups excluding carboxylic acids is 1. The Morgan fingerprint density at radius 2 is 1.68 bits per heavy atom. The first-order chi connectivity index (χ1) is 21.3. The minimum atomic E-state index is -0.963. The van der Waals surface area contributed by atoms with Crippen molar-refractivity contribution < 1.29 is 19.4 Å². The molecule has 0 heterocycles. The molecule has 5 rings (SSSR count). The number of amides is 1. The number of alkyl halides is 1. The minimum Gasteiger partial charge on any atom is -0.508 e. The van der Waals surface area contributed by atoms with Crippen LogP contribution in [0.3, 0.4) is 0 Å². The average molecular weight is 612 g/mol. The smallest absolute Gasteiger partial charge is 0.222 e. The predicted molar refractivity (Wildman–Crippen MR) is 177 cm³/mol. The van der Waals surface area contributed by atoms with Gasteiger partial charge in [0.25, 0.3) is 0 Å². The Bertz CT molecular complexity index is 1060. The van der Waals surface area contributed by atoms with Crippen LogP contribution in [0.15, 0.2) is 18.2 Å². The number of aliphatic hydroxyl groups is 1. The van der Waals surface area contributed by atoms with Gasteiger partial charge in [-0.3, -0.25) is 4.79 Å². The number of benzene rings is 1. The lowest BCUT2D eigenvalue weighted by molar-refractivity contribution is -0.131. The number of halogens is 1. The molecule has 0 bridgehead atoms. The number of unbranched alkanes of at least 4 members (excludes halogenated alkanes) is 6. The van der Waals surface area contributed by atoms with Gasteiger partial charge in [0.2, 0.25) is 5.91 Å². The number of hydrogen-bond acceptors (Lipinski definition) is 3. The third kappa shape index (κ3) is 7.84. The van der Waals surface area contributed by atoms with E-state index in [-0.39, 0.29) is 23.0 Å². The Kier molecular flexibility index (Phi) is 12.1. The van der Waals surface area contributed by atoms with Gasteiger partial charge in [-0.25, -0.2) is 4.39 Å². The Balaban J connectivity index is 1.21. The molecule has 4 aliphatic rings. The average Bonchev–Trinajstić information content (AvgIpc) is 3.31. The van der Waals surface area contributed by atoms with Gasteiger partial charge >= 0.3 is 0 Å². The molecule has 0 spiro atoms. The van der Waals surface area contributed by atoms with Crippen molar-refractivity contribution in [2.75, 3.05) is 13.1 Å². The van der Waals surface area contributed by atoms with Gasteiger partial charge in [0.05, 0.1) is 6.10 Å². The zero-order valence-corrected chi connectivity index (χ0v) is 28.0. The zero-order chi connectivity index (χ0) is 31.1. The minimum absolute atomic E-state index is 0.140. The summed E-state index contributed by atoms with van der Waals surface area (Å²) in [6.45, 7) is 6.11. The Hall–Kier alpha value is -1.62. The molecule has 5 heteroatoms. The molecule has 0 unspecified atom stereocenters. The molecule has 3 fully saturated rings. The number of aromatic hydroxyl groups is 1. The summed E-state index contributed by atoms with van der Waals surface area (Å²) in [5.74, 6) is 2.13. The van der Waals surface area contributed by atoms with E-state index < -0.39 is 12.3 Å². The monoisotopic (exact) mass is 611 g/mol. The molecule has 1 amide bonds. The van der Waals surface area contributed by atoms with Crippen LogP contribution in [0.4, 0.5) is 4.39 Å². The molecular weight excluding hydrogens is 549 g/mol. The maximum absolute atomic E-state index is 16.1. The van der Waals surface area contributed by atoms with Gasteiger partial charge in [-0.1, -0.05) is 90.5 Å². The van der Waals surface area contributed by atoms with E-state index in [1.807, 2.05) is 12.1 Å². The molecule has 248 valence electrons. The highest BCUT2D eigenvalue weighted by molar-refractivity contribution is 5.76. The van der Waals surface area contributed by atoms with Crippen LogP contribution in [0.5, 0.6) is 5.75 Å². The van der Waals surface area contributed by atoms with Gasteiger partial charge in [0, 0.05) is 25.4 Å². The molecule has 0 aliphatic heterocycles. The fourth-order valence-electron chi connectivity index (χ4n) is 10.1. The van der Waals surface area contributed by atoms with Gasteiger partial charge in [0.15, 0.2) is 0 Å². The van der Waals surface area contributed by atoms with Crippen LogP contribution in [0, 0.1) is 29.1 Å². The number of fused-ring (bicyclic) bond motifs is 5. The summed E-state index contributed by atoms with van der Waals surface area (Å²) in [6, 6.07) is 5.57. The lowest BCUT2D eigenvalue weighted by Crippen LogP contribution is -2.51. The predicted octanol–water partition coefficient (Wildman–Crippen LogP) is 9.50. The van der Waals surface area contributed by atoms with Crippen molar-refractivity contribution >= 4 is 5.91 Å². The Labute approximate surface area is 267 Å². The van der Waals surface area contributed by atoms with E-state index in [0.717, 1.165) is 81.5 Å². The topological polar surface area (TPSA) is 60.8 Å². The number of hydrogen-bond donors (Lipinski definition) is 2. The Morgan fingerprint density at radius 1 is 0.955 bits per heavy atom.